The van der Waals surface area contributed by atoms with E-state index in [2.05, 4.69) is 28.2 Å². The van der Waals surface area contributed by atoms with E-state index in [1.807, 2.05) is 18.2 Å². The van der Waals surface area contributed by atoms with E-state index < -0.39 is 0 Å². The first-order valence-electron chi connectivity index (χ1n) is 5.48. The zero-order valence-electron chi connectivity index (χ0n) is 10.0. The topological polar surface area (TPSA) is 30.5 Å². The first-order valence-corrected chi connectivity index (χ1v) is 6.65. The Kier molecular flexibility index (Phi) is 6.89. The number of methoxy groups -OCH3 is 1. The normalized spacial score (nSPS) is 12.5. The van der Waals surface area contributed by atoms with Crippen LogP contribution in [0.3, 0.4) is 0 Å². The molecule has 0 bridgehead atoms. The highest BCUT2D eigenvalue weighted by Crippen LogP contribution is 2.28. The highest BCUT2D eigenvalue weighted by atomic mass is 79.9. The van der Waals surface area contributed by atoms with Crippen molar-refractivity contribution >= 4 is 27.5 Å². The van der Waals surface area contributed by atoms with Gasteiger partial charge in [0.25, 0.3) is 0 Å². The summed E-state index contributed by atoms with van der Waals surface area (Å²) in [6, 6.07) is 5.56. The van der Waals surface area contributed by atoms with Crippen molar-refractivity contribution in [1.82, 2.24) is 5.32 Å². The summed E-state index contributed by atoms with van der Waals surface area (Å²) < 4.78 is 11.9. The smallest absolute Gasteiger partial charge is 0.138 e. The molecule has 5 heteroatoms. The highest BCUT2D eigenvalue weighted by molar-refractivity contribution is 9.10. The molecule has 1 aromatic carbocycles. The maximum Gasteiger partial charge on any atom is 0.138 e. The number of ether oxygens (including phenoxy) is 2. The summed E-state index contributed by atoms with van der Waals surface area (Å²) in [6.07, 6.45) is -0.0429. The molecule has 1 rings (SSSR count). The Morgan fingerprint density at radius 1 is 1.47 bits per heavy atom. The van der Waals surface area contributed by atoms with Gasteiger partial charge in [0.1, 0.15) is 11.9 Å². The van der Waals surface area contributed by atoms with Crippen molar-refractivity contribution in [3.63, 3.8) is 0 Å². The maximum atomic E-state index is 6.09. The molecule has 0 aliphatic rings. The van der Waals surface area contributed by atoms with Gasteiger partial charge in [-0.2, -0.15) is 0 Å². The number of hydrogen-bond acceptors (Lipinski definition) is 3. The lowest BCUT2D eigenvalue weighted by Gasteiger charge is -2.19. The Labute approximate surface area is 116 Å². The molecule has 0 fully saturated rings. The van der Waals surface area contributed by atoms with Crippen molar-refractivity contribution in [2.24, 2.45) is 0 Å². The van der Waals surface area contributed by atoms with Crippen LogP contribution < -0.4 is 10.1 Å². The van der Waals surface area contributed by atoms with Crippen molar-refractivity contribution in [3.8, 4) is 5.75 Å². The predicted molar refractivity (Wildman–Crippen MR) is 74.0 cm³/mol. The van der Waals surface area contributed by atoms with Crippen molar-refractivity contribution in [2.75, 3.05) is 26.8 Å². The summed E-state index contributed by atoms with van der Waals surface area (Å²) in [5, 5.41) is 3.82. The van der Waals surface area contributed by atoms with Gasteiger partial charge in [-0.3, -0.25) is 0 Å². The Hall–Kier alpha value is -0.290. The van der Waals surface area contributed by atoms with Gasteiger partial charge in [0.2, 0.25) is 0 Å². The second-order valence-electron chi connectivity index (χ2n) is 3.58. The number of nitrogens with one attached hydrogen (secondary N) is 1. The van der Waals surface area contributed by atoms with Crippen LogP contribution in [0, 0.1) is 0 Å². The van der Waals surface area contributed by atoms with Crippen LogP contribution in [0.25, 0.3) is 0 Å². The first kappa shape index (κ1) is 14.8. The lowest BCUT2D eigenvalue weighted by molar-refractivity contribution is 0.0810. The lowest BCUT2D eigenvalue weighted by atomic mass is 10.3. The van der Waals surface area contributed by atoms with E-state index in [1.54, 1.807) is 7.11 Å². The standard InChI is InChI=1S/C12H17BrClNO2/c1-3-15-7-10(8-16-2)17-12-5-4-9(13)6-11(12)14/h4-6,10,15H,3,7-8H2,1-2H3. The number of hydrogen-bond donors (Lipinski definition) is 1. The molecule has 1 atom stereocenters. The summed E-state index contributed by atoms with van der Waals surface area (Å²) in [6.45, 7) is 4.21. The third-order valence-electron chi connectivity index (χ3n) is 2.16. The molecular weight excluding hydrogens is 305 g/mol. The molecule has 0 saturated carbocycles. The zero-order valence-corrected chi connectivity index (χ0v) is 12.3. The molecule has 17 heavy (non-hydrogen) atoms. The van der Waals surface area contributed by atoms with Gasteiger partial charge in [-0.05, 0) is 24.7 Å². The minimum atomic E-state index is -0.0429. The summed E-state index contributed by atoms with van der Waals surface area (Å²) in [4.78, 5) is 0. The average molecular weight is 323 g/mol. The zero-order chi connectivity index (χ0) is 12.7. The van der Waals surface area contributed by atoms with E-state index in [-0.39, 0.29) is 6.10 Å². The fraction of sp³-hybridized carbons (Fsp3) is 0.500. The summed E-state index contributed by atoms with van der Waals surface area (Å²) in [5.41, 5.74) is 0. The predicted octanol–water partition coefficient (Wildman–Crippen LogP) is 3.11. The molecule has 0 aromatic heterocycles. The third-order valence-corrected chi connectivity index (χ3v) is 2.95. The van der Waals surface area contributed by atoms with Crippen LogP contribution in [-0.2, 0) is 4.74 Å². The van der Waals surface area contributed by atoms with E-state index in [4.69, 9.17) is 21.1 Å². The monoisotopic (exact) mass is 321 g/mol. The highest BCUT2D eigenvalue weighted by Gasteiger charge is 2.12. The SMILES string of the molecule is CCNCC(COC)Oc1ccc(Br)cc1Cl. The minimum Gasteiger partial charge on any atom is -0.485 e. The van der Waals surface area contributed by atoms with Gasteiger partial charge in [-0.15, -0.1) is 0 Å². The Bertz CT molecular complexity index is 349. The van der Waals surface area contributed by atoms with Crippen LogP contribution in [0.5, 0.6) is 5.75 Å². The summed E-state index contributed by atoms with van der Waals surface area (Å²) in [7, 11) is 1.66. The Balaban J connectivity index is 2.64. The second-order valence-corrected chi connectivity index (χ2v) is 4.90. The number of halogens is 2. The average Bonchev–Trinajstić information content (AvgIpc) is 2.29. The quantitative estimate of drug-likeness (QED) is 0.837. The fourth-order valence-corrected chi connectivity index (χ4v) is 2.09. The largest absolute Gasteiger partial charge is 0.485 e. The molecule has 3 nitrogen and oxygen atoms in total. The van der Waals surface area contributed by atoms with Gasteiger partial charge in [0.05, 0.1) is 11.6 Å². The molecule has 96 valence electrons. The van der Waals surface area contributed by atoms with E-state index in [1.165, 1.54) is 0 Å². The van der Waals surface area contributed by atoms with E-state index >= 15 is 0 Å². The first-order chi connectivity index (χ1) is 8.17. The van der Waals surface area contributed by atoms with Gasteiger partial charge in [0, 0.05) is 18.1 Å². The molecule has 0 aliphatic heterocycles. The van der Waals surface area contributed by atoms with Crippen LogP contribution >= 0.6 is 27.5 Å². The van der Waals surface area contributed by atoms with E-state index in [9.17, 15) is 0 Å². The lowest BCUT2D eigenvalue weighted by Crippen LogP contribution is -2.34. The summed E-state index contributed by atoms with van der Waals surface area (Å²) >= 11 is 9.45. The van der Waals surface area contributed by atoms with Crippen LogP contribution in [-0.4, -0.2) is 32.9 Å². The molecule has 1 N–H and O–H groups in total. The fourth-order valence-electron chi connectivity index (χ4n) is 1.38. The maximum absolute atomic E-state index is 6.09. The van der Waals surface area contributed by atoms with Crippen LogP contribution in [0.15, 0.2) is 22.7 Å². The van der Waals surface area contributed by atoms with Crippen LogP contribution in [0.1, 0.15) is 6.92 Å². The van der Waals surface area contributed by atoms with E-state index in [0.717, 1.165) is 17.6 Å². The van der Waals surface area contributed by atoms with Crippen molar-refractivity contribution in [3.05, 3.63) is 27.7 Å². The second kappa shape index (κ2) is 7.93. The van der Waals surface area contributed by atoms with Crippen molar-refractivity contribution in [2.45, 2.75) is 13.0 Å². The molecule has 0 spiro atoms. The molecule has 1 unspecified atom stereocenters. The molecule has 0 saturated heterocycles. The molecule has 0 radical (unpaired) electrons. The molecule has 0 heterocycles. The summed E-state index contributed by atoms with van der Waals surface area (Å²) in [5.74, 6) is 0.676. The van der Waals surface area contributed by atoms with Gasteiger partial charge in [0.15, 0.2) is 0 Å². The van der Waals surface area contributed by atoms with Gasteiger partial charge < -0.3 is 14.8 Å². The van der Waals surface area contributed by atoms with E-state index in [0.29, 0.717) is 17.4 Å². The molecule has 1 aromatic rings. The molecule has 0 aliphatic carbocycles. The number of likely N-dealkylation sites (N-methyl/N-ethyl adjacent to an activating group) is 1. The van der Waals surface area contributed by atoms with Crippen molar-refractivity contribution in [1.29, 1.82) is 0 Å². The van der Waals surface area contributed by atoms with Crippen molar-refractivity contribution < 1.29 is 9.47 Å². The minimum absolute atomic E-state index is 0.0429. The Morgan fingerprint density at radius 2 is 2.24 bits per heavy atom. The number of rotatable bonds is 7. The van der Waals surface area contributed by atoms with Gasteiger partial charge >= 0.3 is 0 Å². The van der Waals surface area contributed by atoms with Crippen LogP contribution in [0.2, 0.25) is 5.02 Å². The third kappa shape index (κ3) is 5.25. The van der Waals surface area contributed by atoms with Gasteiger partial charge in [-0.25, -0.2) is 0 Å². The number of benzene rings is 1. The van der Waals surface area contributed by atoms with Gasteiger partial charge in [-0.1, -0.05) is 34.5 Å². The Morgan fingerprint density at radius 3 is 2.82 bits per heavy atom. The van der Waals surface area contributed by atoms with Crippen LogP contribution in [0.4, 0.5) is 0 Å². The molecular formula is C12H17BrClNO2. The molecule has 0 amide bonds.